The average molecular weight is 389 g/mol. The quantitative estimate of drug-likeness (QED) is 0.432. The summed E-state index contributed by atoms with van der Waals surface area (Å²) in [5.74, 6) is -0.663. The van der Waals surface area contributed by atoms with E-state index < -0.39 is 47.1 Å². The van der Waals surface area contributed by atoms with Gasteiger partial charge < -0.3 is 29.9 Å². The van der Waals surface area contributed by atoms with E-state index in [1.165, 1.54) is 24.3 Å². The average Bonchev–Trinajstić information content (AvgIpc) is 2.70. The number of aliphatic hydroxyl groups is 4. The first-order valence-corrected chi connectivity index (χ1v) is 8.72. The minimum absolute atomic E-state index is 0.132. The van der Waals surface area contributed by atoms with Gasteiger partial charge in [-0.2, -0.15) is 0 Å². The number of non-ortho nitro benzene ring substituents is 1. The third-order valence-electron chi connectivity index (χ3n) is 5.42. The Kier molecular flexibility index (Phi) is 4.56. The van der Waals surface area contributed by atoms with Crippen LogP contribution in [0.3, 0.4) is 0 Å². The van der Waals surface area contributed by atoms with E-state index >= 15 is 0 Å². The fourth-order valence-electron chi connectivity index (χ4n) is 3.97. The summed E-state index contributed by atoms with van der Waals surface area (Å²) in [5, 5.41) is 53.2. The maximum atomic E-state index is 11.0. The standard InChI is InChI=1S/C19H19NO8/c21-14-13(10-4-2-1-3-5-10)19(24)16(23)15(22)18(28-17(14)19)27-12-8-6-11(7-9-12)20(25)26/h1-9,13-18,21-24H/t13?,14?,15-,16-,17-,18+,19+/m1/s1. The summed E-state index contributed by atoms with van der Waals surface area (Å²) in [6.45, 7) is 0. The number of aliphatic hydroxyl groups excluding tert-OH is 3. The van der Waals surface area contributed by atoms with Crippen LogP contribution in [0.5, 0.6) is 5.75 Å². The molecule has 4 N–H and O–H groups in total. The van der Waals surface area contributed by atoms with Gasteiger partial charge in [-0.25, -0.2) is 0 Å². The first kappa shape index (κ1) is 18.8. The van der Waals surface area contributed by atoms with Crippen molar-refractivity contribution in [2.45, 2.75) is 42.2 Å². The van der Waals surface area contributed by atoms with Crippen LogP contribution in [-0.2, 0) is 4.74 Å². The van der Waals surface area contributed by atoms with Crippen LogP contribution in [0.1, 0.15) is 11.5 Å². The smallest absolute Gasteiger partial charge is 0.269 e. The van der Waals surface area contributed by atoms with Gasteiger partial charge in [-0.3, -0.25) is 10.1 Å². The molecule has 2 aliphatic rings. The summed E-state index contributed by atoms with van der Waals surface area (Å²) in [7, 11) is 0. The molecule has 0 spiro atoms. The number of ether oxygens (including phenoxy) is 2. The van der Waals surface area contributed by atoms with E-state index in [-0.39, 0.29) is 11.4 Å². The molecule has 9 heteroatoms. The van der Waals surface area contributed by atoms with Crippen LogP contribution in [0.4, 0.5) is 5.69 Å². The van der Waals surface area contributed by atoms with Crippen molar-refractivity contribution in [3.63, 3.8) is 0 Å². The molecule has 1 heterocycles. The fraction of sp³-hybridized carbons (Fsp3) is 0.368. The molecule has 1 saturated carbocycles. The lowest BCUT2D eigenvalue weighted by Crippen LogP contribution is -2.80. The third-order valence-corrected chi connectivity index (χ3v) is 5.42. The number of hydrogen-bond donors (Lipinski definition) is 4. The third kappa shape index (κ3) is 2.76. The van der Waals surface area contributed by atoms with Gasteiger partial charge in [0.05, 0.1) is 11.0 Å². The van der Waals surface area contributed by atoms with Crippen molar-refractivity contribution in [3.05, 3.63) is 70.3 Å². The van der Waals surface area contributed by atoms with Gasteiger partial charge >= 0.3 is 0 Å². The Morgan fingerprint density at radius 3 is 2.25 bits per heavy atom. The summed E-state index contributed by atoms with van der Waals surface area (Å²) in [6.07, 6.45) is -6.89. The zero-order valence-electron chi connectivity index (χ0n) is 14.5. The molecular weight excluding hydrogens is 370 g/mol. The predicted octanol–water partition coefficient (Wildman–Crippen LogP) is 0.310. The van der Waals surface area contributed by atoms with Gasteiger partial charge in [0.25, 0.3) is 5.69 Å². The molecule has 2 fully saturated rings. The number of nitro groups is 1. The predicted molar refractivity (Wildman–Crippen MR) is 94.5 cm³/mol. The molecule has 0 bridgehead atoms. The molecule has 1 aliphatic heterocycles. The highest BCUT2D eigenvalue weighted by atomic mass is 16.7. The molecule has 1 saturated heterocycles. The van der Waals surface area contributed by atoms with E-state index in [2.05, 4.69) is 0 Å². The second-order valence-electron chi connectivity index (χ2n) is 7.00. The van der Waals surface area contributed by atoms with E-state index in [0.29, 0.717) is 5.56 Å². The lowest BCUT2D eigenvalue weighted by Gasteiger charge is -2.61. The second-order valence-corrected chi connectivity index (χ2v) is 7.00. The molecule has 2 aromatic carbocycles. The van der Waals surface area contributed by atoms with E-state index in [0.717, 1.165) is 0 Å². The summed E-state index contributed by atoms with van der Waals surface area (Å²) in [5.41, 5.74) is -1.40. The molecule has 28 heavy (non-hydrogen) atoms. The highest BCUT2D eigenvalue weighted by Gasteiger charge is 2.71. The van der Waals surface area contributed by atoms with E-state index in [4.69, 9.17) is 9.47 Å². The molecule has 0 aromatic heterocycles. The number of fused-ring (bicyclic) bond motifs is 1. The van der Waals surface area contributed by atoms with Gasteiger partial charge in [0.1, 0.15) is 29.7 Å². The number of rotatable bonds is 4. The molecule has 2 unspecified atom stereocenters. The van der Waals surface area contributed by atoms with Crippen molar-refractivity contribution in [3.8, 4) is 5.75 Å². The number of nitro benzene ring substituents is 1. The van der Waals surface area contributed by atoms with Crippen molar-refractivity contribution >= 4 is 5.69 Å². The van der Waals surface area contributed by atoms with Crippen LogP contribution in [0.2, 0.25) is 0 Å². The molecule has 0 radical (unpaired) electrons. The number of nitrogens with zero attached hydrogens (tertiary/aromatic N) is 1. The first-order chi connectivity index (χ1) is 13.3. The normalized spacial score (nSPS) is 36.9. The monoisotopic (exact) mass is 389 g/mol. The molecule has 2 aromatic rings. The highest BCUT2D eigenvalue weighted by Crippen LogP contribution is 2.53. The molecule has 4 rings (SSSR count). The fourth-order valence-corrected chi connectivity index (χ4v) is 3.97. The maximum absolute atomic E-state index is 11.0. The van der Waals surface area contributed by atoms with Crippen molar-refractivity contribution in [1.82, 2.24) is 0 Å². The number of benzene rings is 2. The maximum Gasteiger partial charge on any atom is 0.269 e. The molecule has 7 atom stereocenters. The van der Waals surface area contributed by atoms with Crippen LogP contribution in [0.25, 0.3) is 0 Å². The molecular formula is C19H19NO8. The van der Waals surface area contributed by atoms with Gasteiger partial charge in [0.15, 0.2) is 0 Å². The highest BCUT2D eigenvalue weighted by molar-refractivity contribution is 5.37. The summed E-state index contributed by atoms with van der Waals surface area (Å²) < 4.78 is 11.0. The summed E-state index contributed by atoms with van der Waals surface area (Å²) in [6, 6.07) is 13.8. The van der Waals surface area contributed by atoms with Gasteiger partial charge in [0.2, 0.25) is 6.29 Å². The van der Waals surface area contributed by atoms with Gasteiger partial charge in [-0.15, -0.1) is 0 Å². The Morgan fingerprint density at radius 1 is 1.00 bits per heavy atom. The zero-order valence-corrected chi connectivity index (χ0v) is 14.5. The van der Waals surface area contributed by atoms with E-state index in [1.54, 1.807) is 30.3 Å². The van der Waals surface area contributed by atoms with Gasteiger partial charge in [-0.1, -0.05) is 30.3 Å². The van der Waals surface area contributed by atoms with Gasteiger partial charge in [0, 0.05) is 18.1 Å². The lowest BCUT2D eigenvalue weighted by atomic mass is 9.57. The topological polar surface area (TPSA) is 143 Å². The van der Waals surface area contributed by atoms with Crippen molar-refractivity contribution < 1.29 is 34.8 Å². The van der Waals surface area contributed by atoms with Crippen molar-refractivity contribution in [2.75, 3.05) is 0 Å². The Hall–Kier alpha value is -2.56. The Morgan fingerprint density at radius 2 is 1.64 bits per heavy atom. The Balaban J connectivity index is 1.54. The largest absolute Gasteiger partial charge is 0.462 e. The Bertz CT molecular complexity index is 856. The molecule has 1 aliphatic carbocycles. The molecule has 148 valence electrons. The summed E-state index contributed by atoms with van der Waals surface area (Å²) >= 11 is 0. The van der Waals surface area contributed by atoms with Crippen LogP contribution in [0, 0.1) is 10.1 Å². The SMILES string of the molecule is O=[N+]([O-])c1ccc(O[C@H]2O[C@@H]3C(O)C(c4ccccc4)[C@]3(O)[C@H](O)[C@H]2O)cc1. The Labute approximate surface area is 159 Å². The van der Waals surface area contributed by atoms with Gasteiger partial charge in [-0.05, 0) is 17.7 Å². The first-order valence-electron chi connectivity index (χ1n) is 8.72. The van der Waals surface area contributed by atoms with Crippen LogP contribution >= 0.6 is 0 Å². The lowest BCUT2D eigenvalue weighted by molar-refractivity contribution is -0.385. The van der Waals surface area contributed by atoms with Crippen molar-refractivity contribution in [1.29, 1.82) is 0 Å². The molecule has 9 nitrogen and oxygen atoms in total. The van der Waals surface area contributed by atoms with Crippen LogP contribution in [-0.4, -0.2) is 61.7 Å². The molecule has 0 amide bonds. The van der Waals surface area contributed by atoms with Crippen LogP contribution < -0.4 is 4.74 Å². The zero-order chi connectivity index (χ0) is 20.1. The van der Waals surface area contributed by atoms with Crippen LogP contribution in [0.15, 0.2) is 54.6 Å². The number of hydrogen-bond acceptors (Lipinski definition) is 8. The summed E-state index contributed by atoms with van der Waals surface area (Å²) in [4.78, 5) is 10.2. The van der Waals surface area contributed by atoms with E-state index in [9.17, 15) is 30.5 Å². The second kappa shape index (κ2) is 6.80. The van der Waals surface area contributed by atoms with E-state index in [1.807, 2.05) is 0 Å². The minimum atomic E-state index is -1.88. The van der Waals surface area contributed by atoms with Crippen molar-refractivity contribution in [2.24, 2.45) is 0 Å². The minimum Gasteiger partial charge on any atom is -0.462 e.